The summed E-state index contributed by atoms with van der Waals surface area (Å²) in [4.78, 5) is 0. The minimum Gasteiger partial charge on any atom is -0.466 e. The molecule has 0 saturated carbocycles. The normalized spacial score (nSPS) is 13.1. The second kappa shape index (κ2) is 5.36. The molecular weight excluding hydrogens is 188 g/mol. The van der Waals surface area contributed by atoms with Crippen LogP contribution < -0.4 is 0 Å². The molecule has 0 aliphatic heterocycles. The molecule has 2 heteroatoms. The van der Waals surface area contributed by atoms with Crippen LogP contribution in [0.25, 0.3) is 0 Å². The van der Waals surface area contributed by atoms with Crippen LogP contribution in [0.5, 0.6) is 0 Å². The van der Waals surface area contributed by atoms with Crippen LogP contribution in [-0.4, -0.2) is 5.11 Å². The first kappa shape index (κ1) is 12.3. The van der Waals surface area contributed by atoms with E-state index in [1.165, 1.54) is 12.8 Å². The van der Waals surface area contributed by atoms with E-state index >= 15 is 0 Å². The quantitative estimate of drug-likeness (QED) is 0.749. The average Bonchev–Trinajstić information content (AvgIpc) is 2.41. The van der Waals surface area contributed by atoms with E-state index < -0.39 is 0 Å². The van der Waals surface area contributed by atoms with E-state index in [1.54, 1.807) is 0 Å². The summed E-state index contributed by atoms with van der Waals surface area (Å²) in [6.07, 6.45) is 3.95. The molecule has 1 heterocycles. The van der Waals surface area contributed by atoms with Gasteiger partial charge in [0.1, 0.15) is 11.5 Å². The predicted octanol–water partition coefficient (Wildman–Crippen LogP) is 3.82. The van der Waals surface area contributed by atoms with Crippen molar-refractivity contribution >= 4 is 0 Å². The molecule has 1 aromatic heterocycles. The molecule has 0 fully saturated rings. The van der Waals surface area contributed by atoms with E-state index in [0.717, 1.165) is 35.5 Å². The number of unbranched alkanes of at least 4 members (excludes halogenated alkanes) is 2. The maximum absolute atomic E-state index is 10.1. The third kappa shape index (κ3) is 2.85. The third-order valence-corrected chi connectivity index (χ3v) is 3.03. The number of aryl methyl sites for hydroxylation is 2. The van der Waals surface area contributed by atoms with Gasteiger partial charge in [-0.05, 0) is 32.8 Å². The lowest BCUT2D eigenvalue weighted by Gasteiger charge is -2.10. The molecule has 0 radical (unpaired) electrons. The standard InChI is InChI=1S/C13H22O2/c1-5-6-7-8-12(14)13-9(2)10(3)15-11(13)4/h12,14H,5-8H2,1-4H3. The molecule has 0 spiro atoms. The van der Waals surface area contributed by atoms with Gasteiger partial charge in [-0.2, -0.15) is 0 Å². The summed E-state index contributed by atoms with van der Waals surface area (Å²) in [5.74, 6) is 1.80. The molecule has 1 N–H and O–H groups in total. The van der Waals surface area contributed by atoms with Crippen LogP contribution in [0.4, 0.5) is 0 Å². The number of rotatable bonds is 5. The average molecular weight is 210 g/mol. The summed E-state index contributed by atoms with van der Waals surface area (Å²) in [6.45, 7) is 8.07. The highest BCUT2D eigenvalue weighted by Crippen LogP contribution is 2.29. The van der Waals surface area contributed by atoms with Crippen molar-refractivity contribution < 1.29 is 9.52 Å². The van der Waals surface area contributed by atoms with Gasteiger partial charge in [-0.3, -0.25) is 0 Å². The van der Waals surface area contributed by atoms with Crippen LogP contribution in [0.3, 0.4) is 0 Å². The Morgan fingerprint density at radius 1 is 1.13 bits per heavy atom. The van der Waals surface area contributed by atoms with Crippen molar-refractivity contribution in [1.29, 1.82) is 0 Å². The van der Waals surface area contributed by atoms with Crippen molar-refractivity contribution in [2.24, 2.45) is 0 Å². The second-order valence-corrected chi connectivity index (χ2v) is 4.26. The van der Waals surface area contributed by atoms with E-state index in [4.69, 9.17) is 4.42 Å². The van der Waals surface area contributed by atoms with Crippen LogP contribution in [-0.2, 0) is 0 Å². The number of hydrogen-bond acceptors (Lipinski definition) is 2. The topological polar surface area (TPSA) is 33.4 Å². The molecule has 0 aliphatic carbocycles. The Labute approximate surface area is 92.3 Å². The number of aliphatic hydroxyl groups is 1. The SMILES string of the molecule is CCCCCC(O)c1c(C)oc(C)c1C. The van der Waals surface area contributed by atoms with Crippen molar-refractivity contribution in [3.63, 3.8) is 0 Å². The molecule has 1 atom stereocenters. The van der Waals surface area contributed by atoms with E-state index in [2.05, 4.69) is 6.92 Å². The lowest BCUT2D eigenvalue weighted by atomic mass is 10.00. The summed E-state index contributed by atoms with van der Waals surface area (Å²) in [6, 6.07) is 0. The van der Waals surface area contributed by atoms with E-state index in [0.29, 0.717) is 0 Å². The summed E-state index contributed by atoms with van der Waals surface area (Å²) in [5.41, 5.74) is 2.11. The van der Waals surface area contributed by atoms with Gasteiger partial charge in [-0.15, -0.1) is 0 Å². The largest absolute Gasteiger partial charge is 0.466 e. The van der Waals surface area contributed by atoms with E-state index in [1.807, 2.05) is 20.8 Å². The van der Waals surface area contributed by atoms with E-state index in [9.17, 15) is 5.11 Å². The van der Waals surface area contributed by atoms with Gasteiger partial charge in [-0.1, -0.05) is 26.2 Å². The van der Waals surface area contributed by atoms with Crippen molar-refractivity contribution in [2.75, 3.05) is 0 Å². The fraction of sp³-hybridized carbons (Fsp3) is 0.692. The van der Waals surface area contributed by atoms with Crippen LogP contribution in [0.1, 0.15) is 61.4 Å². The van der Waals surface area contributed by atoms with Crippen molar-refractivity contribution in [3.8, 4) is 0 Å². The molecule has 0 bridgehead atoms. The summed E-state index contributed by atoms with van der Waals surface area (Å²) in [5, 5.41) is 10.1. The summed E-state index contributed by atoms with van der Waals surface area (Å²) >= 11 is 0. The molecule has 86 valence electrons. The van der Waals surface area contributed by atoms with Crippen LogP contribution >= 0.6 is 0 Å². The smallest absolute Gasteiger partial charge is 0.107 e. The summed E-state index contributed by atoms with van der Waals surface area (Å²) < 4.78 is 5.51. The van der Waals surface area contributed by atoms with Gasteiger partial charge in [0.05, 0.1) is 6.10 Å². The summed E-state index contributed by atoms with van der Waals surface area (Å²) in [7, 11) is 0. The third-order valence-electron chi connectivity index (χ3n) is 3.03. The zero-order valence-electron chi connectivity index (χ0n) is 10.3. The fourth-order valence-corrected chi connectivity index (χ4v) is 2.03. The van der Waals surface area contributed by atoms with Crippen LogP contribution in [0.2, 0.25) is 0 Å². The highest BCUT2D eigenvalue weighted by atomic mass is 16.3. The van der Waals surface area contributed by atoms with Crippen LogP contribution in [0.15, 0.2) is 4.42 Å². The van der Waals surface area contributed by atoms with Gasteiger partial charge >= 0.3 is 0 Å². The Balaban J connectivity index is 2.68. The molecule has 0 saturated heterocycles. The molecule has 2 nitrogen and oxygen atoms in total. The Bertz CT molecular complexity index is 313. The van der Waals surface area contributed by atoms with Gasteiger partial charge in [0, 0.05) is 5.56 Å². The molecule has 1 unspecified atom stereocenters. The molecule has 0 amide bonds. The maximum atomic E-state index is 10.1. The maximum Gasteiger partial charge on any atom is 0.107 e. The molecule has 1 rings (SSSR count). The number of furan rings is 1. The number of aliphatic hydroxyl groups excluding tert-OH is 1. The Kier molecular flexibility index (Phi) is 4.40. The minimum absolute atomic E-state index is 0.353. The second-order valence-electron chi connectivity index (χ2n) is 4.26. The Morgan fingerprint density at radius 3 is 2.27 bits per heavy atom. The lowest BCUT2D eigenvalue weighted by molar-refractivity contribution is 0.161. The molecule has 0 aliphatic rings. The van der Waals surface area contributed by atoms with Crippen molar-refractivity contribution in [1.82, 2.24) is 0 Å². The molecule has 0 aromatic carbocycles. The first-order valence-electron chi connectivity index (χ1n) is 5.82. The highest BCUT2D eigenvalue weighted by molar-refractivity contribution is 5.33. The van der Waals surface area contributed by atoms with Crippen molar-refractivity contribution in [3.05, 3.63) is 22.6 Å². The highest BCUT2D eigenvalue weighted by Gasteiger charge is 2.18. The molecular formula is C13H22O2. The van der Waals surface area contributed by atoms with Gasteiger partial charge in [0.2, 0.25) is 0 Å². The Hall–Kier alpha value is -0.760. The van der Waals surface area contributed by atoms with E-state index in [-0.39, 0.29) is 6.10 Å². The fourth-order valence-electron chi connectivity index (χ4n) is 2.03. The van der Waals surface area contributed by atoms with Crippen molar-refractivity contribution in [2.45, 2.75) is 59.5 Å². The zero-order chi connectivity index (χ0) is 11.4. The van der Waals surface area contributed by atoms with Gasteiger partial charge in [0.25, 0.3) is 0 Å². The van der Waals surface area contributed by atoms with Gasteiger partial charge in [0.15, 0.2) is 0 Å². The van der Waals surface area contributed by atoms with Gasteiger partial charge in [-0.25, -0.2) is 0 Å². The predicted molar refractivity (Wildman–Crippen MR) is 62.0 cm³/mol. The van der Waals surface area contributed by atoms with Gasteiger partial charge < -0.3 is 9.52 Å². The first-order valence-corrected chi connectivity index (χ1v) is 5.82. The monoisotopic (exact) mass is 210 g/mol. The molecule has 15 heavy (non-hydrogen) atoms. The first-order chi connectivity index (χ1) is 7.07. The number of hydrogen-bond donors (Lipinski definition) is 1. The zero-order valence-corrected chi connectivity index (χ0v) is 10.3. The minimum atomic E-state index is -0.353. The lowest BCUT2D eigenvalue weighted by Crippen LogP contribution is -1.99. The Morgan fingerprint density at radius 2 is 1.80 bits per heavy atom. The molecule has 1 aromatic rings. The van der Waals surface area contributed by atoms with Crippen LogP contribution in [0, 0.1) is 20.8 Å².